The highest BCUT2D eigenvalue weighted by Gasteiger charge is 2.13. The van der Waals surface area contributed by atoms with Crippen molar-refractivity contribution in [3.05, 3.63) is 36.4 Å². The number of likely N-dealkylation sites (N-methyl/N-ethyl adjacent to an activating group) is 1. The zero-order valence-electron chi connectivity index (χ0n) is 9.43. The van der Waals surface area contributed by atoms with Crippen LogP contribution >= 0.6 is 0 Å². The lowest BCUT2D eigenvalue weighted by Crippen LogP contribution is -2.19. The van der Waals surface area contributed by atoms with Crippen LogP contribution in [0.2, 0.25) is 0 Å². The number of hydrogen-bond donors (Lipinski definition) is 1. The van der Waals surface area contributed by atoms with Crippen molar-refractivity contribution in [3.8, 4) is 5.75 Å². The van der Waals surface area contributed by atoms with Gasteiger partial charge in [0.25, 0.3) is 0 Å². The van der Waals surface area contributed by atoms with Gasteiger partial charge in [-0.3, -0.25) is 0 Å². The fourth-order valence-corrected chi connectivity index (χ4v) is 1.43. The maximum atomic E-state index is 11.0. The summed E-state index contributed by atoms with van der Waals surface area (Å²) in [6.45, 7) is 4.20. The number of nitrogens with zero attached hydrogens (tertiary/aromatic N) is 1. The maximum absolute atomic E-state index is 11.0. The minimum absolute atomic E-state index is 0.255. The van der Waals surface area contributed by atoms with Crippen molar-refractivity contribution in [1.82, 2.24) is 0 Å². The summed E-state index contributed by atoms with van der Waals surface area (Å²) in [5.74, 6) is -0.315. The summed E-state index contributed by atoms with van der Waals surface area (Å²) in [6.07, 6.45) is 1.71. The number of ether oxygens (including phenoxy) is 1. The van der Waals surface area contributed by atoms with E-state index in [1.54, 1.807) is 30.2 Å². The van der Waals surface area contributed by atoms with Crippen LogP contribution in [0, 0.1) is 0 Å². The van der Waals surface area contributed by atoms with Gasteiger partial charge in [0, 0.05) is 19.7 Å². The highest BCUT2D eigenvalue weighted by molar-refractivity contribution is 5.94. The van der Waals surface area contributed by atoms with Crippen LogP contribution in [-0.2, 0) is 0 Å². The van der Waals surface area contributed by atoms with Gasteiger partial charge in [0.05, 0.1) is 18.4 Å². The van der Waals surface area contributed by atoms with Crippen LogP contribution in [0.25, 0.3) is 0 Å². The molecule has 0 unspecified atom stereocenters. The molecule has 0 atom stereocenters. The summed E-state index contributed by atoms with van der Waals surface area (Å²) in [6, 6.07) is 4.87. The third kappa shape index (κ3) is 2.53. The van der Waals surface area contributed by atoms with Crippen LogP contribution in [0.15, 0.2) is 30.9 Å². The molecule has 1 N–H and O–H groups in total. The van der Waals surface area contributed by atoms with Crippen LogP contribution in [-0.4, -0.2) is 31.8 Å². The molecule has 0 aliphatic heterocycles. The summed E-state index contributed by atoms with van der Waals surface area (Å²) in [5.41, 5.74) is 0.872. The molecule has 0 aromatic heterocycles. The van der Waals surface area contributed by atoms with Crippen molar-refractivity contribution in [3.63, 3.8) is 0 Å². The summed E-state index contributed by atoms with van der Waals surface area (Å²) >= 11 is 0. The monoisotopic (exact) mass is 221 g/mol. The Morgan fingerprint density at radius 3 is 2.81 bits per heavy atom. The molecule has 0 heterocycles. The van der Waals surface area contributed by atoms with Gasteiger partial charge < -0.3 is 14.7 Å². The van der Waals surface area contributed by atoms with Gasteiger partial charge in [-0.15, -0.1) is 6.58 Å². The Bertz CT molecular complexity index is 401. The summed E-state index contributed by atoms with van der Waals surface area (Å²) in [5, 5.41) is 9.05. The second-order valence-electron chi connectivity index (χ2n) is 3.36. The van der Waals surface area contributed by atoms with Crippen molar-refractivity contribution >= 4 is 11.7 Å². The van der Waals surface area contributed by atoms with E-state index in [2.05, 4.69) is 6.58 Å². The second kappa shape index (κ2) is 5.21. The highest BCUT2D eigenvalue weighted by Crippen LogP contribution is 2.25. The van der Waals surface area contributed by atoms with Crippen molar-refractivity contribution in [2.45, 2.75) is 0 Å². The number of carbonyl (C=O) groups is 1. The molecule has 0 saturated carbocycles. The largest absolute Gasteiger partial charge is 0.497 e. The lowest BCUT2D eigenvalue weighted by atomic mass is 10.1. The standard InChI is InChI=1S/C12H15NO3/c1-4-7-13(2)11-8-9(16-3)5-6-10(11)12(14)15/h4-6,8H,1,7H2,2-3H3,(H,14,15). The lowest BCUT2D eigenvalue weighted by Gasteiger charge is -2.20. The van der Waals surface area contributed by atoms with Crippen LogP contribution in [0.4, 0.5) is 5.69 Å². The van der Waals surface area contributed by atoms with E-state index in [1.807, 2.05) is 7.05 Å². The molecule has 16 heavy (non-hydrogen) atoms. The van der Waals surface area contributed by atoms with Gasteiger partial charge in [-0.25, -0.2) is 4.79 Å². The molecule has 0 fully saturated rings. The minimum Gasteiger partial charge on any atom is -0.497 e. The predicted octanol–water partition coefficient (Wildman–Crippen LogP) is 2.02. The topological polar surface area (TPSA) is 49.8 Å². The molecule has 0 aliphatic rings. The van der Waals surface area contributed by atoms with E-state index in [1.165, 1.54) is 6.07 Å². The first-order valence-corrected chi connectivity index (χ1v) is 4.83. The number of carboxylic acids is 1. The van der Waals surface area contributed by atoms with Gasteiger partial charge >= 0.3 is 5.97 Å². The molecule has 1 aromatic rings. The molecule has 86 valence electrons. The number of benzene rings is 1. The Balaban J connectivity index is 3.19. The third-order valence-corrected chi connectivity index (χ3v) is 2.25. The summed E-state index contributed by atoms with van der Waals surface area (Å²) < 4.78 is 5.07. The average Bonchev–Trinajstić information content (AvgIpc) is 2.28. The molecule has 0 aliphatic carbocycles. The van der Waals surface area contributed by atoms with Gasteiger partial charge in [-0.1, -0.05) is 6.08 Å². The van der Waals surface area contributed by atoms with Crippen LogP contribution in [0.5, 0.6) is 5.75 Å². The van der Waals surface area contributed by atoms with E-state index in [9.17, 15) is 4.79 Å². The van der Waals surface area contributed by atoms with E-state index in [0.29, 0.717) is 18.0 Å². The van der Waals surface area contributed by atoms with Gasteiger partial charge in [-0.05, 0) is 12.1 Å². The van der Waals surface area contributed by atoms with Crippen molar-refractivity contribution < 1.29 is 14.6 Å². The molecule has 0 saturated heterocycles. The smallest absolute Gasteiger partial charge is 0.337 e. The number of carboxylic acid groups (broad SMARTS) is 1. The fourth-order valence-electron chi connectivity index (χ4n) is 1.43. The lowest BCUT2D eigenvalue weighted by molar-refractivity contribution is 0.0697. The van der Waals surface area contributed by atoms with Gasteiger partial charge in [0.2, 0.25) is 0 Å². The average molecular weight is 221 g/mol. The number of rotatable bonds is 5. The first-order valence-electron chi connectivity index (χ1n) is 4.83. The first kappa shape index (κ1) is 12.1. The molecular formula is C12H15NO3. The highest BCUT2D eigenvalue weighted by atomic mass is 16.5. The van der Waals surface area contributed by atoms with E-state index in [0.717, 1.165) is 0 Å². The Morgan fingerprint density at radius 1 is 1.62 bits per heavy atom. The third-order valence-electron chi connectivity index (χ3n) is 2.25. The normalized spacial score (nSPS) is 9.62. The molecule has 0 radical (unpaired) electrons. The van der Waals surface area contributed by atoms with Gasteiger partial charge in [0.1, 0.15) is 5.75 Å². The van der Waals surface area contributed by atoms with Crippen LogP contribution < -0.4 is 9.64 Å². The Hall–Kier alpha value is -1.97. The number of hydrogen-bond acceptors (Lipinski definition) is 3. The van der Waals surface area contributed by atoms with Crippen molar-refractivity contribution in [2.24, 2.45) is 0 Å². The Morgan fingerprint density at radius 2 is 2.31 bits per heavy atom. The summed E-state index contributed by atoms with van der Waals surface area (Å²) in [7, 11) is 3.36. The quantitative estimate of drug-likeness (QED) is 0.773. The number of methoxy groups -OCH3 is 1. The second-order valence-corrected chi connectivity index (χ2v) is 3.36. The fraction of sp³-hybridized carbons (Fsp3) is 0.250. The molecule has 0 bridgehead atoms. The molecule has 0 spiro atoms. The van der Waals surface area contributed by atoms with Gasteiger partial charge in [0.15, 0.2) is 0 Å². The molecule has 0 amide bonds. The number of anilines is 1. The summed E-state index contributed by atoms with van der Waals surface area (Å²) in [4.78, 5) is 12.8. The van der Waals surface area contributed by atoms with Gasteiger partial charge in [-0.2, -0.15) is 0 Å². The number of aromatic carboxylic acids is 1. The molecular weight excluding hydrogens is 206 g/mol. The molecule has 1 rings (SSSR count). The Labute approximate surface area is 94.8 Å². The zero-order chi connectivity index (χ0) is 12.1. The predicted molar refractivity (Wildman–Crippen MR) is 63.4 cm³/mol. The molecule has 1 aromatic carbocycles. The van der Waals surface area contributed by atoms with E-state index < -0.39 is 5.97 Å². The molecule has 4 heteroatoms. The first-order chi connectivity index (χ1) is 7.60. The minimum atomic E-state index is -0.950. The van der Waals surface area contributed by atoms with E-state index in [4.69, 9.17) is 9.84 Å². The SMILES string of the molecule is C=CCN(C)c1cc(OC)ccc1C(=O)O. The van der Waals surface area contributed by atoms with Crippen molar-refractivity contribution in [2.75, 3.05) is 25.6 Å². The van der Waals surface area contributed by atoms with E-state index in [-0.39, 0.29) is 5.56 Å². The maximum Gasteiger partial charge on any atom is 0.337 e. The van der Waals surface area contributed by atoms with Crippen LogP contribution in [0.1, 0.15) is 10.4 Å². The van der Waals surface area contributed by atoms with Crippen molar-refractivity contribution in [1.29, 1.82) is 0 Å². The van der Waals surface area contributed by atoms with E-state index >= 15 is 0 Å². The van der Waals surface area contributed by atoms with Crippen LogP contribution in [0.3, 0.4) is 0 Å². The molecule has 4 nitrogen and oxygen atoms in total. The zero-order valence-corrected chi connectivity index (χ0v) is 9.43. The Kier molecular flexibility index (Phi) is 3.94.